The molecule has 1 aromatic rings. The molecule has 2 N–H and O–H groups in total. The van der Waals surface area contributed by atoms with Crippen LogP contribution in [-0.4, -0.2) is 66.7 Å². The number of rotatable bonds is 6. The van der Waals surface area contributed by atoms with Gasteiger partial charge in [-0.3, -0.25) is 14.6 Å². The van der Waals surface area contributed by atoms with Gasteiger partial charge in [0.15, 0.2) is 0 Å². The smallest absolute Gasteiger partial charge is 0.247 e. The minimum absolute atomic E-state index is 0.0383. The molecule has 1 fully saturated rings. The first-order valence-electron chi connectivity index (χ1n) is 10.8. The van der Waals surface area contributed by atoms with Gasteiger partial charge in [0.1, 0.15) is 6.54 Å². The molecule has 0 spiro atoms. The maximum absolute atomic E-state index is 12.5. The molecule has 3 aliphatic rings. The molecular weight excluding hydrogens is 390 g/mol. The van der Waals surface area contributed by atoms with Crippen LogP contribution in [0.2, 0.25) is 0 Å². The molecule has 1 saturated heterocycles. The molecule has 7 nitrogen and oxygen atoms in total. The molecule has 7 heteroatoms. The number of fused-ring (bicyclic) bond motifs is 1. The molecule has 1 unspecified atom stereocenters. The van der Waals surface area contributed by atoms with Gasteiger partial charge >= 0.3 is 0 Å². The Balaban J connectivity index is 1.38. The van der Waals surface area contributed by atoms with Crippen molar-refractivity contribution in [3.63, 3.8) is 0 Å². The van der Waals surface area contributed by atoms with Gasteiger partial charge in [-0.2, -0.15) is 5.10 Å². The Bertz CT molecular complexity index is 956. The average molecular weight is 420 g/mol. The van der Waals surface area contributed by atoms with Gasteiger partial charge in [0.05, 0.1) is 5.71 Å². The van der Waals surface area contributed by atoms with Crippen LogP contribution in [0.3, 0.4) is 0 Å². The van der Waals surface area contributed by atoms with Crippen molar-refractivity contribution < 1.29 is 9.59 Å². The predicted octanol–water partition coefficient (Wildman–Crippen LogP) is 2.26. The lowest BCUT2D eigenvalue weighted by Gasteiger charge is -2.29. The summed E-state index contributed by atoms with van der Waals surface area (Å²) in [7, 11) is 2.11. The lowest BCUT2D eigenvalue weighted by atomic mass is 9.92. The summed E-state index contributed by atoms with van der Waals surface area (Å²) in [4.78, 5) is 26.3. The zero-order valence-electron chi connectivity index (χ0n) is 17.9. The van der Waals surface area contributed by atoms with Crippen molar-refractivity contribution in [2.75, 3.05) is 38.5 Å². The molecular formula is C24H29N5O2. The molecule has 2 heterocycles. The molecule has 31 heavy (non-hydrogen) atoms. The van der Waals surface area contributed by atoms with E-state index in [0.717, 1.165) is 48.5 Å². The number of carbonyl (C=O) groups is 2. The van der Waals surface area contributed by atoms with Crippen LogP contribution >= 0.6 is 0 Å². The first-order chi connectivity index (χ1) is 15.0. The number of allylic oxidation sites excluding steroid dienone is 3. The van der Waals surface area contributed by atoms with Gasteiger partial charge in [0.2, 0.25) is 11.8 Å². The highest BCUT2D eigenvalue weighted by molar-refractivity contribution is 6.08. The predicted molar refractivity (Wildman–Crippen MR) is 124 cm³/mol. The molecule has 162 valence electrons. The van der Waals surface area contributed by atoms with Crippen LogP contribution < -0.4 is 10.6 Å². The zero-order chi connectivity index (χ0) is 21.8. The summed E-state index contributed by atoms with van der Waals surface area (Å²) in [5.74, 6) is -0.000335. The van der Waals surface area contributed by atoms with Crippen molar-refractivity contribution in [1.82, 2.24) is 15.2 Å². The number of benzene rings is 1. The summed E-state index contributed by atoms with van der Waals surface area (Å²) in [6, 6.07) is 7.95. The van der Waals surface area contributed by atoms with E-state index in [1.807, 2.05) is 29.3 Å². The Morgan fingerprint density at radius 3 is 2.87 bits per heavy atom. The van der Waals surface area contributed by atoms with E-state index < -0.39 is 0 Å². The molecule has 0 saturated carbocycles. The molecule has 1 aromatic carbocycles. The van der Waals surface area contributed by atoms with Crippen molar-refractivity contribution >= 4 is 28.8 Å². The monoisotopic (exact) mass is 419 g/mol. The number of carbonyl (C=O) groups excluding carboxylic acids is 2. The SMILES string of the molecule is C=CC(=O)Nc1cccc(C2=CC3=NN(CC(=O)NC4CCN(C)CC4)CC3C=C2)c1. The highest BCUT2D eigenvalue weighted by atomic mass is 16.2. The number of amides is 2. The Hall–Kier alpha value is -3.19. The summed E-state index contributed by atoms with van der Waals surface area (Å²) < 4.78 is 0. The quantitative estimate of drug-likeness (QED) is 0.694. The second-order valence-corrected chi connectivity index (χ2v) is 8.36. The van der Waals surface area contributed by atoms with Gasteiger partial charge in [-0.15, -0.1) is 0 Å². The van der Waals surface area contributed by atoms with Crippen molar-refractivity contribution in [3.05, 3.63) is 60.7 Å². The molecule has 0 aromatic heterocycles. The highest BCUT2D eigenvalue weighted by Gasteiger charge is 2.28. The van der Waals surface area contributed by atoms with E-state index in [2.05, 4.69) is 52.5 Å². The topological polar surface area (TPSA) is 77.0 Å². The standard InChI is InChI=1S/C24H29N5O2/c1-3-23(30)26-21-6-4-5-17(13-21)18-7-8-19-15-29(27-22(19)14-18)16-24(31)25-20-9-11-28(2)12-10-20/h3-8,13-14,19-20H,1,9-12,15-16H2,2H3,(H,25,31)(H,26,30). The number of piperidine rings is 1. The van der Waals surface area contributed by atoms with Crippen LogP contribution in [0.15, 0.2) is 60.2 Å². The fraction of sp³-hybridized carbons (Fsp3) is 0.375. The van der Waals surface area contributed by atoms with E-state index in [1.54, 1.807) is 0 Å². The summed E-state index contributed by atoms with van der Waals surface area (Å²) >= 11 is 0. The Kier molecular flexibility index (Phi) is 6.32. The van der Waals surface area contributed by atoms with E-state index in [-0.39, 0.29) is 30.3 Å². The number of nitrogens with zero attached hydrogens (tertiary/aromatic N) is 3. The van der Waals surface area contributed by atoms with E-state index in [1.165, 1.54) is 6.08 Å². The van der Waals surface area contributed by atoms with Crippen LogP contribution in [0.25, 0.3) is 5.57 Å². The number of hydrogen-bond donors (Lipinski definition) is 2. The normalized spacial score (nSPS) is 21.2. The van der Waals surface area contributed by atoms with Gasteiger partial charge in [-0.1, -0.05) is 30.9 Å². The number of hydrogen-bond acceptors (Lipinski definition) is 5. The minimum atomic E-state index is -0.236. The lowest BCUT2D eigenvalue weighted by molar-refractivity contribution is -0.123. The maximum atomic E-state index is 12.5. The number of nitrogens with one attached hydrogen (secondary N) is 2. The lowest BCUT2D eigenvalue weighted by Crippen LogP contribution is -2.46. The number of anilines is 1. The average Bonchev–Trinajstić information content (AvgIpc) is 3.16. The number of likely N-dealkylation sites (tertiary alicyclic amines) is 1. The van der Waals surface area contributed by atoms with Gasteiger partial charge in [0, 0.05) is 24.2 Å². The first-order valence-corrected chi connectivity index (χ1v) is 10.8. The van der Waals surface area contributed by atoms with Crippen LogP contribution in [0, 0.1) is 5.92 Å². The summed E-state index contributed by atoms with van der Waals surface area (Å²) in [6.45, 7) is 6.53. The van der Waals surface area contributed by atoms with E-state index in [0.29, 0.717) is 6.54 Å². The maximum Gasteiger partial charge on any atom is 0.247 e. The first kappa shape index (κ1) is 21.1. The second-order valence-electron chi connectivity index (χ2n) is 8.36. The van der Waals surface area contributed by atoms with Crippen LogP contribution in [0.5, 0.6) is 0 Å². The van der Waals surface area contributed by atoms with Crippen LogP contribution in [0.1, 0.15) is 18.4 Å². The Morgan fingerprint density at radius 2 is 2.10 bits per heavy atom. The minimum Gasteiger partial charge on any atom is -0.352 e. The molecule has 2 amide bonds. The van der Waals surface area contributed by atoms with Crippen LogP contribution in [0.4, 0.5) is 5.69 Å². The molecule has 1 atom stereocenters. The number of hydrazone groups is 1. The fourth-order valence-electron chi connectivity index (χ4n) is 4.16. The van der Waals surface area contributed by atoms with E-state index >= 15 is 0 Å². The summed E-state index contributed by atoms with van der Waals surface area (Å²) in [6.07, 6.45) is 9.54. The van der Waals surface area contributed by atoms with Gasteiger partial charge < -0.3 is 15.5 Å². The largest absolute Gasteiger partial charge is 0.352 e. The second kappa shape index (κ2) is 9.31. The van der Waals surface area contributed by atoms with Crippen molar-refractivity contribution in [2.45, 2.75) is 18.9 Å². The van der Waals surface area contributed by atoms with E-state index in [9.17, 15) is 9.59 Å². The highest BCUT2D eigenvalue weighted by Crippen LogP contribution is 2.28. The fourth-order valence-corrected chi connectivity index (χ4v) is 4.16. The molecule has 0 radical (unpaired) electrons. The van der Waals surface area contributed by atoms with Gasteiger partial charge in [-0.25, -0.2) is 0 Å². The zero-order valence-corrected chi connectivity index (χ0v) is 17.9. The van der Waals surface area contributed by atoms with Gasteiger partial charge in [-0.05, 0) is 68.4 Å². The third-order valence-corrected chi connectivity index (χ3v) is 5.91. The van der Waals surface area contributed by atoms with Crippen molar-refractivity contribution in [1.29, 1.82) is 0 Å². The van der Waals surface area contributed by atoms with Gasteiger partial charge in [0.25, 0.3) is 0 Å². The third-order valence-electron chi connectivity index (χ3n) is 5.91. The van der Waals surface area contributed by atoms with Crippen molar-refractivity contribution in [2.24, 2.45) is 11.0 Å². The summed E-state index contributed by atoms with van der Waals surface area (Å²) in [5, 5.41) is 12.5. The Morgan fingerprint density at radius 1 is 1.29 bits per heavy atom. The molecule has 0 bridgehead atoms. The van der Waals surface area contributed by atoms with Crippen molar-refractivity contribution in [3.8, 4) is 0 Å². The molecule has 2 aliphatic heterocycles. The summed E-state index contributed by atoms with van der Waals surface area (Å²) in [5.41, 5.74) is 3.71. The molecule has 4 rings (SSSR count). The molecule has 1 aliphatic carbocycles. The van der Waals surface area contributed by atoms with E-state index in [4.69, 9.17) is 0 Å². The van der Waals surface area contributed by atoms with Crippen LogP contribution in [-0.2, 0) is 9.59 Å². The Labute approximate surface area is 183 Å². The third kappa shape index (κ3) is 5.30.